The van der Waals surface area contributed by atoms with Gasteiger partial charge in [-0.25, -0.2) is 4.57 Å². The molecule has 0 aliphatic heterocycles. The van der Waals surface area contributed by atoms with Crippen LogP contribution in [0.3, 0.4) is 0 Å². The minimum Gasteiger partial charge on any atom is -0.291 e. The third-order valence-corrected chi connectivity index (χ3v) is 3.90. The first-order valence-corrected chi connectivity index (χ1v) is 7.87. The molecule has 0 aromatic carbocycles. The molecule has 5 nitrogen and oxygen atoms in total. The summed E-state index contributed by atoms with van der Waals surface area (Å²) in [6, 6.07) is 0. The van der Waals surface area contributed by atoms with Crippen LogP contribution in [0, 0.1) is 5.92 Å². The van der Waals surface area contributed by atoms with Gasteiger partial charge >= 0.3 is 7.82 Å². The number of phosphoric acid groups is 1. The monoisotopic (exact) mass is 269 g/mol. The summed E-state index contributed by atoms with van der Waals surface area (Å²) in [5.41, 5.74) is 0. The second-order valence-corrected chi connectivity index (χ2v) is 5.55. The van der Waals surface area contributed by atoms with E-state index in [0.717, 1.165) is 5.04 Å². The van der Waals surface area contributed by atoms with Gasteiger partial charge in [0, 0.05) is 5.92 Å². The summed E-state index contributed by atoms with van der Waals surface area (Å²) in [4.78, 5) is 0. The van der Waals surface area contributed by atoms with Gasteiger partial charge in [0.2, 0.25) is 0 Å². The molecule has 16 heavy (non-hydrogen) atoms. The molecule has 7 heteroatoms. The maximum atomic E-state index is 11.9. The van der Waals surface area contributed by atoms with Crippen LogP contribution >= 0.6 is 19.6 Å². The Hall–Kier alpha value is -0.0300. The summed E-state index contributed by atoms with van der Waals surface area (Å²) < 4.78 is 26.7. The lowest BCUT2D eigenvalue weighted by Crippen LogP contribution is -2.04. The third-order valence-electron chi connectivity index (χ3n) is 1.51. The molecule has 0 saturated carbocycles. The first kappa shape index (κ1) is 16.0. The SMILES string of the molecule is CCOP(=O)(OCC)O/N=C(/SC)C(C)C. The van der Waals surface area contributed by atoms with E-state index in [1.807, 2.05) is 20.1 Å². The van der Waals surface area contributed by atoms with Gasteiger partial charge in [-0.3, -0.25) is 13.7 Å². The number of rotatable bonds is 7. The van der Waals surface area contributed by atoms with Crippen molar-refractivity contribution in [1.82, 2.24) is 0 Å². The van der Waals surface area contributed by atoms with E-state index in [1.54, 1.807) is 13.8 Å². The molecule has 0 spiro atoms. The first-order valence-electron chi connectivity index (χ1n) is 5.18. The molecular formula is C9H20NO4PS. The first-order chi connectivity index (χ1) is 7.49. The van der Waals surface area contributed by atoms with Gasteiger partial charge in [0.25, 0.3) is 0 Å². The summed E-state index contributed by atoms with van der Waals surface area (Å²) in [5.74, 6) is 0.215. The zero-order chi connectivity index (χ0) is 12.6. The Morgan fingerprint density at radius 2 is 1.81 bits per heavy atom. The van der Waals surface area contributed by atoms with Gasteiger partial charge in [0.05, 0.1) is 13.2 Å². The molecule has 0 heterocycles. The number of phosphoric ester groups is 1. The topological polar surface area (TPSA) is 57.1 Å². The Kier molecular flexibility index (Phi) is 8.10. The summed E-state index contributed by atoms with van der Waals surface area (Å²) in [5, 5.41) is 4.57. The lowest BCUT2D eigenvalue weighted by atomic mass is 10.2. The fourth-order valence-electron chi connectivity index (χ4n) is 0.869. The van der Waals surface area contributed by atoms with Gasteiger partial charge in [-0.05, 0) is 20.1 Å². The molecule has 0 aliphatic rings. The van der Waals surface area contributed by atoms with E-state index >= 15 is 0 Å². The maximum Gasteiger partial charge on any atom is 0.550 e. The quantitative estimate of drug-likeness (QED) is 0.306. The van der Waals surface area contributed by atoms with E-state index in [-0.39, 0.29) is 19.1 Å². The summed E-state index contributed by atoms with van der Waals surface area (Å²) in [6.07, 6.45) is 1.88. The zero-order valence-corrected chi connectivity index (χ0v) is 12.1. The molecule has 0 N–H and O–H groups in total. The number of nitrogens with zero attached hydrogens (tertiary/aromatic N) is 1. The highest BCUT2D eigenvalue weighted by atomic mass is 32.2. The van der Waals surface area contributed by atoms with E-state index in [0.29, 0.717) is 0 Å². The highest BCUT2D eigenvalue weighted by molar-refractivity contribution is 8.13. The second-order valence-electron chi connectivity index (χ2n) is 3.15. The average Bonchev–Trinajstić information content (AvgIpc) is 2.18. The molecule has 0 rings (SSSR count). The van der Waals surface area contributed by atoms with Gasteiger partial charge < -0.3 is 0 Å². The third kappa shape index (κ3) is 5.89. The second kappa shape index (κ2) is 8.12. The number of hydrogen-bond acceptors (Lipinski definition) is 6. The van der Waals surface area contributed by atoms with Crippen molar-refractivity contribution in [2.45, 2.75) is 27.7 Å². The van der Waals surface area contributed by atoms with Crippen LogP contribution in [-0.2, 0) is 18.2 Å². The predicted octanol–water partition coefficient (Wildman–Crippen LogP) is 3.52. The van der Waals surface area contributed by atoms with Crippen LogP contribution in [0.2, 0.25) is 0 Å². The summed E-state index contributed by atoms with van der Waals surface area (Å²) >= 11 is 1.45. The number of thioether (sulfide) groups is 1. The molecule has 0 aliphatic carbocycles. The van der Waals surface area contributed by atoms with Crippen molar-refractivity contribution < 1.29 is 18.2 Å². The largest absolute Gasteiger partial charge is 0.550 e. The fraction of sp³-hybridized carbons (Fsp3) is 0.889. The smallest absolute Gasteiger partial charge is 0.291 e. The fourth-order valence-corrected chi connectivity index (χ4v) is 2.50. The average molecular weight is 269 g/mol. The van der Waals surface area contributed by atoms with E-state index in [9.17, 15) is 4.57 Å². The van der Waals surface area contributed by atoms with Crippen LogP contribution in [-0.4, -0.2) is 24.5 Å². The highest BCUT2D eigenvalue weighted by Crippen LogP contribution is 2.49. The van der Waals surface area contributed by atoms with E-state index in [4.69, 9.17) is 13.7 Å². The molecule has 0 saturated heterocycles. The predicted molar refractivity (Wildman–Crippen MR) is 67.7 cm³/mol. The number of hydrogen-bond donors (Lipinski definition) is 0. The molecule has 0 fully saturated rings. The van der Waals surface area contributed by atoms with Gasteiger partial charge in [-0.15, -0.1) is 11.8 Å². The standard InChI is InChI=1S/C9H20NO4PS/c1-6-12-15(11,13-7-2)14-10-9(16-5)8(3)4/h8H,6-7H2,1-5H3/b10-9+. The van der Waals surface area contributed by atoms with Crippen LogP contribution in [0.1, 0.15) is 27.7 Å². The van der Waals surface area contributed by atoms with Gasteiger partial charge in [0.15, 0.2) is 0 Å². The normalized spacial score (nSPS) is 13.2. The maximum absolute atomic E-state index is 11.9. The summed E-state index contributed by atoms with van der Waals surface area (Å²) in [7, 11) is -3.53. The molecular weight excluding hydrogens is 249 g/mol. The molecule has 0 amide bonds. The van der Waals surface area contributed by atoms with Crippen molar-refractivity contribution in [1.29, 1.82) is 0 Å². The van der Waals surface area contributed by atoms with E-state index in [2.05, 4.69) is 5.16 Å². The molecule has 0 atom stereocenters. The molecule has 0 aromatic heterocycles. The Bertz CT molecular complexity index is 260. The molecule has 0 radical (unpaired) electrons. The van der Waals surface area contributed by atoms with Crippen molar-refractivity contribution >= 4 is 24.6 Å². The highest BCUT2D eigenvalue weighted by Gasteiger charge is 2.27. The van der Waals surface area contributed by atoms with Crippen molar-refractivity contribution in [3.05, 3.63) is 0 Å². The Morgan fingerprint density at radius 3 is 2.12 bits per heavy atom. The van der Waals surface area contributed by atoms with Gasteiger partial charge in [-0.1, -0.05) is 19.0 Å². The summed E-state index contributed by atoms with van der Waals surface area (Å²) in [6.45, 7) is 7.90. The van der Waals surface area contributed by atoms with Crippen LogP contribution < -0.4 is 0 Å². The van der Waals surface area contributed by atoms with E-state index in [1.165, 1.54) is 11.8 Å². The Balaban J connectivity index is 4.57. The lowest BCUT2D eigenvalue weighted by molar-refractivity contribution is 0.125. The van der Waals surface area contributed by atoms with Crippen LogP contribution in [0.15, 0.2) is 5.16 Å². The van der Waals surface area contributed by atoms with Crippen molar-refractivity contribution in [3.63, 3.8) is 0 Å². The van der Waals surface area contributed by atoms with E-state index < -0.39 is 7.82 Å². The van der Waals surface area contributed by atoms with Crippen molar-refractivity contribution in [2.24, 2.45) is 11.1 Å². The van der Waals surface area contributed by atoms with Crippen LogP contribution in [0.25, 0.3) is 0 Å². The molecule has 0 unspecified atom stereocenters. The van der Waals surface area contributed by atoms with Crippen molar-refractivity contribution in [2.75, 3.05) is 19.5 Å². The molecule has 96 valence electrons. The van der Waals surface area contributed by atoms with Crippen LogP contribution in [0.4, 0.5) is 0 Å². The lowest BCUT2D eigenvalue weighted by Gasteiger charge is -2.14. The Morgan fingerprint density at radius 1 is 1.31 bits per heavy atom. The molecule has 0 aromatic rings. The molecule has 0 bridgehead atoms. The number of oxime groups is 1. The van der Waals surface area contributed by atoms with Gasteiger partial charge in [-0.2, -0.15) is 0 Å². The minimum atomic E-state index is -3.53. The van der Waals surface area contributed by atoms with Crippen molar-refractivity contribution in [3.8, 4) is 0 Å². The van der Waals surface area contributed by atoms with Gasteiger partial charge in [0.1, 0.15) is 5.04 Å². The minimum absolute atomic E-state index is 0.215. The van der Waals surface area contributed by atoms with Crippen LogP contribution in [0.5, 0.6) is 0 Å². The Labute approximate surface area is 102 Å². The zero-order valence-electron chi connectivity index (χ0n) is 10.4.